The Morgan fingerprint density at radius 2 is 2.07 bits per heavy atom. The molecular formula is C11H22N2O. The van der Waals surface area contributed by atoms with Crippen molar-refractivity contribution in [2.45, 2.75) is 46.1 Å². The van der Waals surface area contributed by atoms with Gasteiger partial charge < -0.3 is 10.6 Å². The molecular weight excluding hydrogens is 176 g/mol. The molecule has 0 aromatic carbocycles. The highest BCUT2D eigenvalue weighted by Gasteiger charge is 2.50. The molecule has 82 valence electrons. The number of amides is 1. The minimum absolute atomic E-state index is 0.181. The molecule has 1 saturated carbocycles. The molecule has 0 unspecified atom stereocenters. The van der Waals surface area contributed by atoms with Crippen LogP contribution in [-0.4, -0.2) is 29.9 Å². The van der Waals surface area contributed by atoms with Gasteiger partial charge in [-0.2, -0.15) is 0 Å². The average molecular weight is 198 g/mol. The van der Waals surface area contributed by atoms with Crippen molar-refractivity contribution < 1.29 is 4.79 Å². The number of carbonyl (C=O) groups is 1. The van der Waals surface area contributed by atoms with E-state index in [9.17, 15) is 4.79 Å². The van der Waals surface area contributed by atoms with Crippen LogP contribution >= 0.6 is 0 Å². The van der Waals surface area contributed by atoms with Crippen molar-refractivity contribution in [3.05, 3.63) is 0 Å². The predicted molar refractivity (Wildman–Crippen MR) is 57.9 cm³/mol. The van der Waals surface area contributed by atoms with Gasteiger partial charge in [-0.15, -0.1) is 0 Å². The first-order valence-corrected chi connectivity index (χ1v) is 5.58. The van der Waals surface area contributed by atoms with Gasteiger partial charge in [-0.25, -0.2) is 0 Å². The molecule has 2 N–H and O–H groups in total. The number of nitrogens with two attached hydrogens (primary N) is 1. The molecule has 1 aliphatic rings. The zero-order chi connectivity index (χ0) is 10.8. The lowest BCUT2D eigenvalue weighted by Crippen LogP contribution is -2.44. The molecule has 1 aliphatic carbocycles. The zero-order valence-corrected chi connectivity index (χ0v) is 9.55. The minimum Gasteiger partial charge on any atom is -0.340 e. The summed E-state index contributed by atoms with van der Waals surface area (Å²) in [6, 6.07) is 0.298. The van der Waals surface area contributed by atoms with Crippen LogP contribution in [0.25, 0.3) is 0 Å². The Labute approximate surface area is 86.6 Å². The highest BCUT2D eigenvalue weighted by Crippen LogP contribution is 2.46. The third kappa shape index (κ3) is 2.08. The molecule has 14 heavy (non-hydrogen) atoms. The summed E-state index contributed by atoms with van der Waals surface area (Å²) >= 11 is 0. The van der Waals surface area contributed by atoms with E-state index >= 15 is 0 Å². The lowest BCUT2D eigenvalue weighted by Gasteiger charge is -2.30. The van der Waals surface area contributed by atoms with Crippen LogP contribution in [-0.2, 0) is 4.79 Å². The molecule has 0 radical (unpaired) electrons. The lowest BCUT2D eigenvalue weighted by molar-refractivity contribution is -0.138. The lowest BCUT2D eigenvalue weighted by atomic mass is 10.0. The standard InChI is InChI=1S/C11H22N2O/c1-4-7-13(9(2)3)10(14)11(8-12)5-6-11/h9H,4-8,12H2,1-3H3. The summed E-state index contributed by atoms with van der Waals surface area (Å²) in [7, 11) is 0. The second-order valence-corrected chi connectivity index (χ2v) is 4.58. The van der Waals surface area contributed by atoms with Crippen molar-refractivity contribution in [3.8, 4) is 0 Å². The molecule has 0 aliphatic heterocycles. The maximum absolute atomic E-state index is 12.1. The zero-order valence-electron chi connectivity index (χ0n) is 9.55. The molecule has 1 rings (SSSR count). The monoisotopic (exact) mass is 198 g/mol. The van der Waals surface area contributed by atoms with Gasteiger partial charge in [0.1, 0.15) is 0 Å². The van der Waals surface area contributed by atoms with Gasteiger partial charge in [-0.1, -0.05) is 6.92 Å². The number of nitrogens with zero attached hydrogens (tertiary/aromatic N) is 1. The molecule has 0 aromatic rings. The van der Waals surface area contributed by atoms with E-state index in [0.29, 0.717) is 12.6 Å². The molecule has 0 spiro atoms. The molecule has 3 heteroatoms. The molecule has 0 heterocycles. The normalized spacial score (nSPS) is 18.4. The van der Waals surface area contributed by atoms with Gasteiger partial charge in [0, 0.05) is 19.1 Å². The van der Waals surface area contributed by atoms with Crippen molar-refractivity contribution in [1.82, 2.24) is 4.90 Å². The predicted octanol–water partition coefficient (Wildman–Crippen LogP) is 1.37. The van der Waals surface area contributed by atoms with Crippen molar-refractivity contribution in [2.24, 2.45) is 11.1 Å². The van der Waals surface area contributed by atoms with E-state index in [1.165, 1.54) is 0 Å². The smallest absolute Gasteiger partial charge is 0.230 e. The first-order chi connectivity index (χ1) is 6.57. The Morgan fingerprint density at radius 3 is 2.36 bits per heavy atom. The van der Waals surface area contributed by atoms with Crippen LogP contribution in [0.5, 0.6) is 0 Å². The van der Waals surface area contributed by atoms with E-state index in [4.69, 9.17) is 5.73 Å². The van der Waals surface area contributed by atoms with E-state index < -0.39 is 0 Å². The highest BCUT2D eigenvalue weighted by molar-refractivity contribution is 5.85. The van der Waals surface area contributed by atoms with Crippen LogP contribution in [0.1, 0.15) is 40.0 Å². The van der Waals surface area contributed by atoms with Crippen LogP contribution in [0, 0.1) is 5.41 Å². The number of rotatable bonds is 5. The number of carbonyl (C=O) groups excluding carboxylic acids is 1. The van der Waals surface area contributed by atoms with Gasteiger partial charge in [0.2, 0.25) is 5.91 Å². The van der Waals surface area contributed by atoms with Gasteiger partial charge in [0.05, 0.1) is 5.41 Å². The van der Waals surface area contributed by atoms with E-state index in [1.54, 1.807) is 0 Å². The fraction of sp³-hybridized carbons (Fsp3) is 0.909. The largest absolute Gasteiger partial charge is 0.340 e. The fourth-order valence-corrected chi connectivity index (χ4v) is 1.80. The summed E-state index contributed by atoms with van der Waals surface area (Å²) in [6.07, 6.45) is 2.98. The van der Waals surface area contributed by atoms with Crippen molar-refractivity contribution in [2.75, 3.05) is 13.1 Å². The second kappa shape index (κ2) is 4.30. The average Bonchev–Trinajstić information content (AvgIpc) is 2.93. The molecule has 1 fully saturated rings. The number of hydrogen-bond donors (Lipinski definition) is 1. The first-order valence-electron chi connectivity index (χ1n) is 5.58. The van der Waals surface area contributed by atoms with Gasteiger partial charge >= 0.3 is 0 Å². The summed E-state index contributed by atoms with van der Waals surface area (Å²) in [5.74, 6) is 0.275. The Bertz CT molecular complexity index is 209. The topological polar surface area (TPSA) is 46.3 Å². The van der Waals surface area contributed by atoms with Gasteiger partial charge in [0.25, 0.3) is 0 Å². The van der Waals surface area contributed by atoms with E-state index in [2.05, 4.69) is 20.8 Å². The Kier molecular flexibility index (Phi) is 3.53. The molecule has 3 nitrogen and oxygen atoms in total. The minimum atomic E-state index is -0.181. The SMILES string of the molecule is CCCN(C(=O)C1(CN)CC1)C(C)C. The molecule has 0 bridgehead atoms. The third-order valence-corrected chi connectivity index (χ3v) is 3.05. The first kappa shape index (κ1) is 11.5. The quantitative estimate of drug-likeness (QED) is 0.725. The second-order valence-electron chi connectivity index (χ2n) is 4.58. The Morgan fingerprint density at radius 1 is 1.50 bits per heavy atom. The summed E-state index contributed by atoms with van der Waals surface area (Å²) in [4.78, 5) is 14.1. The van der Waals surface area contributed by atoms with Crippen molar-refractivity contribution in [3.63, 3.8) is 0 Å². The van der Waals surface area contributed by atoms with Gasteiger partial charge in [0.15, 0.2) is 0 Å². The summed E-state index contributed by atoms with van der Waals surface area (Å²) in [6.45, 7) is 7.61. The van der Waals surface area contributed by atoms with Gasteiger partial charge in [-0.3, -0.25) is 4.79 Å². The maximum atomic E-state index is 12.1. The van der Waals surface area contributed by atoms with Crippen LogP contribution < -0.4 is 5.73 Å². The maximum Gasteiger partial charge on any atom is 0.230 e. The van der Waals surface area contributed by atoms with Crippen molar-refractivity contribution >= 4 is 5.91 Å². The van der Waals surface area contributed by atoms with Crippen LogP contribution in [0.4, 0.5) is 0 Å². The summed E-state index contributed by atoms with van der Waals surface area (Å²) < 4.78 is 0. The Hall–Kier alpha value is -0.570. The molecule has 0 atom stereocenters. The van der Waals surface area contributed by atoms with Crippen LogP contribution in [0.3, 0.4) is 0 Å². The van der Waals surface area contributed by atoms with E-state index in [1.807, 2.05) is 4.90 Å². The summed E-state index contributed by atoms with van der Waals surface area (Å²) in [5.41, 5.74) is 5.48. The Balaban J connectivity index is 2.64. The third-order valence-electron chi connectivity index (χ3n) is 3.05. The highest BCUT2D eigenvalue weighted by atomic mass is 16.2. The van der Waals surface area contributed by atoms with Crippen LogP contribution in [0.15, 0.2) is 0 Å². The van der Waals surface area contributed by atoms with Crippen molar-refractivity contribution in [1.29, 1.82) is 0 Å². The van der Waals surface area contributed by atoms with E-state index in [0.717, 1.165) is 25.8 Å². The van der Waals surface area contributed by atoms with E-state index in [-0.39, 0.29) is 11.3 Å². The summed E-state index contributed by atoms with van der Waals surface area (Å²) in [5, 5.41) is 0. The molecule has 1 amide bonds. The van der Waals surface area contributed by atoms with Gasteiger partial charge in [-0.05, 0) is 33.1 Å². The molecule has 0 saturated heterocycles. The molecule has 0 aromatic heterocycles. The fourth-order valence-electron chi connectivity index (χ4n) is 1.80. The number of hydrogen-bond acceptors (Lipinski definition) is 2. The van der Waals surface area contributed by atoms with Crippen LogP contribution in [0.2, 0.25) is 0 Å².